The number of carboxylic acid groups (broad SMARTS) is 1. The summed E-state index contributed by atoms with van der Waals surface area (Å²) >= 11 is 0. The summed E-state index contributed by atoms with van der Waals surface area (Å²) in [5, 5.41) is 143. The number of esters is 2. The minimum Gasteiger partial charge on any atom is -0.479 e. The van der Waals surface area contributed by atoms with Gasteiger partial charge in [-0.05, 0) is 92.8 Å². The Morgan fingerprint density at radius 2 is 1.29 bits per heavy atom. The molecular weight excluding hydrogens is 1140 g/mol. The van der Waals surface area contributed by atoms with Crippen LogP contribution in [0.3, 0.4) is 0 Å². The molecule has 27 nitrogen and oxygen atoms in total. The number of carbonyl (C=O) groups is 4. The van der Waals surface area contributed by atoms with Crippen LogP contribution in [0.15, 0.2) is 23.3 Å². The minimum absolute atomic E-state index is 0.107. The van der Waals surface area contributed by atoms with E-state index in [1.807, 2.05) is 13.8 Å². The fraction of sp³-hybridized carbons (Fsp3) is 0.864. The van der Waals surface area contributed by atoms with Crippen molar-refractivity contribution < 1.29 is 133 Å². The first kappa shape index (κ1) is 67.2. The molecule has 5 aliphatic carbocycles. The van der Waals surface area contributed by atoms with Crippen molar-refractivity contribution in [1.82, 2.24) is 0 Å². The summed E-state index contributed by atoms with van der Waals surface area (Å²) in [6, 6.07) is 0. The molecule has 27 heteroatoms. The van der Waals surface area contributed by atoms with E-state index in [0.717, 1.165) is 11.9 Å². The number of hydrogen-bond acceptors (Lipinski definition) is 26. The zero-order valence-corrected chi connectivity index (χ0v) is 50.0. The number of fused-ring (bicyclic) bond motifs is 7. The molecule has 0 aromatic carbocycles. The second kappa shape index (κ2) is 24.8. The molecule has 0 aromatic rings. The molecule has 8 fully saturated rings. The second-order valence-corrected chi connectivity index (χ2v) is 27.3. The van der Waals surface area contributed by atoms with Crippen LogP contribution < -0.4 is 0 Å². The molecule has 0 radical (unpaired) electrons. The summed E-state index contributed by atoms with van der Waals surface area (Å²) in [6.07, 6.45) is -32.4. The Labute approximate surface area is 498 Å². The van der Waals surface area contributed by atoms with Crippen LogP contribution in [0.25, 0.3) is 0 Å². The van der Waals surface area contributed by atoms with Crippen molar-refractivity contribution in [3.8, 4) is 0 Å². The van der Waals surface area contributed by atoms with Crippen molar-refractivity contribution in [1.29, 1.82) is 0 Å². The molecule has 4 heterocycles. The summed E-state index contributed by atoms with van der Waals surface area (Å²) < 4.78 is 60.5. The normalized spacial score (nSPS) is 51.1. The lowest BCUT2D eigenvalue weighted by atomic mass is 9.33. The Hall–Kier alpha value is -3.24. The van der Waals surface area contributed by atoms with Crippen molar-refractivity contribution >= 4 is 24.2 Å². The number of carboxylic acids is 1. The van der Waals surface area contributed by atoms with E-state index < -0.39 is 224 Å². The van der Waals surface area contributed by atoms with Gasteiger partial charge in [0.25, 0.3) is 0 Å². The van der Waals surface area contributed by atoms with Gasteiger partial charge in [-0.2, -0.15) is 0 Å². The zero-order chi connectivity index (χ0) is 63.3. The fourth-order valence-corrected chi connectivity index (χ4v) is 17.0. The molecule has 4 saturated carbocycles. The second-order valence-electron chi connectivity index (χ2n) is 27.3. The van der Waals surface area contributed by atoms with Gasteiger partial charge in [0.1, 0.15) is 104 Å². The lowest BCUT2D eigenvalue weighted by molar-refractivity contribution is -0.398. The molecule has 0 spiro atoms. The minimum atomic E-state index is -2.28. The maximum Gasteiger partial charge on any atom is 0.335 e. The Bertz CT molecular complexity index is 2550. The van der Waals surface area contributed by atoms with E-state index in [-0.39, 0.29) is 18.8 Å². The van der Waals surface area contributed by atoms with E-state index in [0.29, 0.717) is 37.7 Å². The maximum absolute atomic E-state index is 14.2. The third kappa shape index (κ3) is 10.9. The molecule has 13 N–H and O–H groups in total. The van der Waals surface area contributed by atoms with Gasteiger partial charge >= 0.3 is 17.9 Å². The van der Waals surface area contributed by atoms with Crippen LogP contribution >= 0.6 is 0 Å². The Morgan fingerprint density at radius 3 is 1.91 bits per heavy atom. The Kier molecular flexibility index (Phi) is 19.3. The summed E-state index contributed by atoms with van der Waals surface area (Å²) in [5.41, 5.74) is -4.44. The van der Waals surface area contributed by atoms with Crippen LogP contribution in [-0.2, 0) is 66.5 Å². The molecule has 4 saturated heterocycles. The number of allylic oxidation sites excluding steroid dienone is 3. The molecule has 488 valence electrons. The quantitative estimate of drug-likeness (QED) is 0.0277. The number of aldehydes is 1. The van der Waals surface area contributed by atoms with E-state index in [4.69, 9.17) is 47.4 Å². The smallest absolute Gasteiger partial charge is 0.335 e. The molecule has 0 aromatic heterocycles. The number of aliphatic carboxylic acids is 1. The van der Waals surface area contributed by atoms with Crippen LogP contribution in [0.1, 0.15) is 107 Å². The van der Waals surface area contributed by atoms with Crippen LogP contribution in [0.4, 0.5) is 0 Å². The zero-order valence-electron chi connectivity index (χ0n) is 50.0. The van der Waals surface area contributed by atoms with Crippen molar-refractivity contribution in [3.05, 3.63) is 23.3 Å². The summed E-state index contributed by atoms with van der Waals surface area (Å²) in [6.45, 7) is 13.9. The highest BCUT2D eigenvalue weighted by Crippen LogP contribution is 2.76. The monoisotopic (exact) mass is 1230 g/mol. The topological polar surface area (TPSA) is 424 Å². The Balaban J connectivity index is 1.06. The van der Waals surface area contributed by atoms with Crippen LogP contribution in [0, 0.1) is 50.2 Å². The van der Waals surface area contributed by atoms with Crippen molar-refractivity contribution in [3.63, 3.8) is 0 Å². The van der Waals surface area contributed by atoms with Crippen LogP contribution in [0.5, 0.6) is 0 Å². The van der Waals surface area contributed by atoms with Crippen molar-refractivity contribution in [2.45, 2.75) is 242 Å². The maximum atomic E-state index is 14.2. The fourth-order valence-electron chi connectivity index (χ4n) is 17.0. The van der Waals surface area contributed by atoms with Gasteiger partial charge in [-0.1, -0.05) is 59.3 Å². The summed E-state index contributed by atoms with van der Waals surface area (Å²) in [5.74, 6) is -4.20. The third-order valence-electron chi connectivity index (χ3n) is 22.2. The molecule has 0 amide bonds. The predicted molar refractivity (Wildman–Crippen MR) is 289 cm³/mol. The largest absolute Gasteiger partial charge is 0.479 e. The first-order chi connectivity index (χ1) is 40.3. The van der Waals surface area contributed by atoms with E-state index in [1.165, 1.54) is 6.92 Å². The first-order valence-electron chi connectivity index (χ1n) is 29.9. The molecule has 0 bridgehead atoms. The van der Waals surface area contributed by atoms with Gasteiger partial charge in [0.2, 0.25) is 0 Å². The van der Waals surface area contributed by atoms with Gasteiger partial charge in [0.05, 0.1) is 43.4 Å². The SMILES string of the molecule is C/C=C(/C)C(=O)O[C@H]1[C@H](O)[C@]2(CO)[C@H](OC(C)=O)C[C@]3(C)C(=CC[C@@H]4[C@@]5(C)CC[C@H](O[C@@H]6O[C@H](C(=O)O)[C@@H](O)[C@H](O[C@@H]7OC[C@H](O)[C@H](O)[C@H]7O[C@@H]7OC[C@@H](O)[C@H](O)[C@H]7O)[C@H]6O[C@@H]6O[C@H](CO)[C@H](O)[C@H](O)[C@H]6O)[C@@](C)(C=O)[C@@H]5CC[C@]43C)[C@@H]2CC1(C)C. The number of aliphatic hydroxyl groups is 12. The van der Waals surface area contributed by atoms with Gasteiger partial charge in [0, 0.05) is 17.9 Å². The van der Waals surface area contributed by atoms with Gasteiger partial charge in [0.15, 0.2) is 31.3 Å². The van der Waals surface area contributed by atoms with E-state index >= 15 is 0 Å². The highest BCUT2D eigenvalue weighted by molar-refractivity contribution is 5.87. The van der Waals surface area contributed by atoms with Crippen LogP contribution in [0.2, 0.25) is 0 Å². The van der Waals surface area contributed by atoms with Gasteiger partial charge < -0.3 is 119 Å². The molecule has 9 rings (SSSR count). The highest BCUT2D eigenvalue weighted by Gasteiger charge is 2.74. The number of ether oxygens (including phenoxy) is 10. The molecule has 86 heavy (non-hydrogen) atoms. The van der Waals surface area contributed by atoms with Crippen molar-refractivity contribution in [2.24, 2.45) is 50.2 Å². The summed E-state index contributed by atoms with van der Waals surface area (Å²) in [4.78, 5) is 53.9. The molecule has 30 atom stereocenters. The number of rotatable bonds is 15. The number of hydrogen-bond donors (Lipinski definition) is 13. The first-order valence-corrected chi connectivity index (χ1v) is 29.9. The lowest BCUT2D eigenvalue weighted by Crippen LogP contribution is -2.72. The standard InChI is InChI=1S/C59H90O27/c1-10-24(2)49(76)86-47-46(73)59(23-62)27(17-54(47,4)5)26-11-12-32-55(6)15-14-33(56(7,22-61)31(55)13-16-57(32,8)58(26,9)18-34(59)79-25(3)63)81-53-45(85-51-40(71)38(69)37(68)30(19-60)80-51)42(41(72)43(83-53)48(74)75)82-52-44(36(67)29(65)21-78-52)84-50-39(70)35(66)28(64)20-77-50/h10-11,22,27-47,50-53,60,62,64-73H,12-21,23H2,1-9H3,(H,74,75)/b24-10-/t27-,28+,29-,30+,31+,32+,33-,34+,35-,36-,37-,38-,39+,40+,41-,42-,43-,44+,45+,46-,47-,50-,51-,52-,53+,55-,56-,57+,58+,59-/m0/s1. The Morgan fingerprint density at radius 1 is 0.663 bits per heavy atom. The van der Waals surface area contributed by atoms with Gasteiger partial charge in [-0.3, -0.25) is 4.79 Å². The van der Waals surface area contributed by atoms with Crippen LogP contribution in [-0.4, -0.2) is 252 Å². The predicted octanol–water partition coefficient (Wildman–Crippen LogP) is -2.01. The molecule has 0 unspecified atom stereocenters. The van der Waals surface area contributed by atoms with Gasteiger partial charge in [-0.25, -0.2) is 9.59 Å². The van der Waals surface area contributed by atoms with E-state index in [1.54, 1.807) is 26.8 Å². The average Bonchev–Trinajstić information content (AvgIpc) is 0.671. The van der Waals surface area contributed by atoms with E-state index in [2.05, 4.69) is 26.8 Å². The van der Waals surface area contributed by atoms with Gasteiger partial charge in [-0.15, -0.1) is 0 Å². The lowest BCUT2D eigenvalue weighted by Gasteiger charge is -2.72. The summed E-state index contributed by atoms with van der Waals surface area (Å²) in [7, 11) is 0. The highest BCUT2D eigenvalue weighted by atomic mass is 16.8. The molecule has 4 aliphatic heterocycles. The van der Waals surface area contributed by atoms with E-state index in [9.17, 15) is 85.6 Å². The number of aliphatic hydroxyl groups excluding tert-OH is 12. The average molecular weight is 1230 g/mol. The molecule has 9 aliphatic rings. The molecular formula is C59H90O27. The number of carbonyl (C=O) groups excluding carboxylic acids is 3. The third-order valence-corrected chi connectivity index (χ3v) is 22.2. The van der Waals surface area contributed by atoms with Crippen molar-refractivity contribution in [2.75, 3.05) is 26.4 Å².